The number of thioether (sulfide) groups is 1. The van der Waals surface area contributed by atoms with Crippen LogP contribution in [0.3, 0.4) is 0 Å². The van der Waals surface area contributed by atoms with Gasteiger partial charge in [0, 0.05) is 23.0 Å². The summed E-state index contributed by atoms with van der Waals surface area (Å²) in [6.07, 6.45) is 0.630. The molecule has 0 radical (unpaired) electrons. The number of hydrogen-bond donors (Lipinski definition) is 1. The Hall–Kier alpha value is -1.81. The third-order valence-electron chi connectivity index (χ3n) is 4.07. The predicted octanol–water partition coefficient (Wildman–Crippen LogP) is 4.46. The second-order valence-electron chi connectivity index (χ2n) is 6.02. The topological polar surface area (TPSA) is 53.2 Å². The minimum Gasteiger partial charge on any atom is -0.461 e. The highest BCUT2D eigenvalue weighted by Gasteiger charge is 2.47. The second-order valence-corrected chi connectivity index (χ2v) is 7.63. The number of fused-ring (bicyclic) bond motifs is 1. The van der Waals surface area contributed by atoms with Crippen LogP contribution in [0.2, 0.25) is 0 Å². The van der Waals surface area contributed by atoms with E-state index in [1.807, 2.05) is 9.24 Å². The van der Waals surface area contributed by atoms with Crippen LogP contribution in [0.4, 0.5) is 17.6 Å². The highest BCUT2D eigenvalue weighted by atomic mass is 32.2. The molecule has 3 nitrogen and oxygen atoms in total. The van der Waals surface area contributed by atoms with Gasteiger partial charge in [0.2, 0.25) is 0 Å². The van der Waals surface area contributed by atoms with E-state index in [4.69, 9.17) is 10.00 Å². The first-order chi connectivity index (χ1) is 12.7. The molecular weight excluding hydrogens is 401 g/mol. The molecule has 3 unspecified atom stereocenters. The van der Waals surface area contributed by atoms with E-state index < -0.39 is 29.5 Å². The molecule has 1 aliphatic carbocycles. The molecule has 142 valence electrons. The van der Waals surface area contributed by atoms with Gasteiger partial charge in [-0.15, -0.1) is 11.8 Å². The van der Waals surface area contributed by atoms with Gasteiger partial charge in [0.25, 0.3) is 5.92 Å². The van der Waals surface area contributed by atoms with Crippen LogP contribution in [-0.2, 0) is 0 Å². The Morgan fingerprint density at radius 1 is 1.33 bits per heavy atom. The first-order valence-corrected chi connectivity index (χ1v) is 9.47. The highest BCUT2D eigenvalue weighted by molar-refractivity contribution is 8.03. The molecule has 1 heterocycles. The summed E-state index contributed by atoms with van der Waals surface area (Å²) in [4.78, 5) is 0.337. The predicted molar refractivity (Wildman–Crippen MR) is 97.6 cm³/mol. The SMILES string of the molecule is N#Cc1cc(F)cc(OC2=CC=C3SCC(F)(F)C(O)C3=C(C(F)P)C2)c1. The lowest BCUT2D eigenvalue weighted by Gasteiger charge is -2.33. The van der Waals surface area contributed by atoms with Crippen molar-refractivity contribution < 1.29 is 27.4 Å². The summed E-state index contributed by atoms with van der Waals surface area (Å²) in [6.45, 7) is 0. The van der Waals surface area contributed by atoms with Gasteiger partial charge in [-0.05, 0) is 29.9 Å². The Morgan fingerprint density at radius 3 is 2.74 bits per heavy atom. The van der Waals surface area contributed by atoms with E-state index in [-0.39, 0.29) is 34.6 Å². The summed E-state index contributed by atoms with van der Waals surface area (Å²) >= 11 is 0.823. The average Bonchev–Trinajstić information content (AvgIpc) is 2.78. The van der Waals surface area contributed by atoms with Gasteiger partial charge in [-0.1, -0.05) is 9.24 Å². The Labute approximate surface area is 159 Å². The van der Waals surface area contributed by atoms with Crippen LogP contribution >= 0.6 is 21.0 Å². The summed E-state index contributed by atoms with van der Waals surface area (Å²) in [7, 11) is 1.88. The lowest BCUT2D eigenvalue weighted by molar-refractivity contribution is -0.0721. The number of nitrogens with zero attached hydrogens (tertiary/aromatic N) is 1. The standard InChI is InChI=1S/C18H14F4NO2PS/c19-10-3-9(7-23)4-12(5-10)25-11-1-2-14-15(13(6-11)17(20)26)16(24)18(21,22)8-27-14/h1-5,16-17,24H,6,8,26H2. The van der Waals surface area contributed by atoms with Crippen molar-refractivity contribution in [2.24, 2.45) is 0 Å². The maximum absolute atomic E-state index is 14.2. The molecule has 0 aromatic heterocycles. The molecule has 0 bridgehead atoms. The molecule has 9 heteroatoms. The van der Waals surface area contributed by atoms with Gasteiger partial charge in [0.15, 0.2) is 0 Å². The summed E-state index contributed by atoms with van der Waals surface area (Å²) < 4.78 is 61.2. The molecule has 2 aliphatic rings. The lowest BCUT2D eigenvalue weighted by atomic mass is 9.96. The summed E-state index contributed by atoms with van der Waals surface area (Å²) in [5, 5.41) is 19.0. The molecule has 1 saturated heterocycles. The second kappa shape index (κ2) is 7.67. The van der Waals surface area contributed by atoms with Gasteiger partial charge in [0.1, 0.15) is 29.3 Å². The zero-order valence-electron chi connectivity index (χ0n) is 13.8. The van der Waals surface area contributed by atoms with Crippen molar-refractivity contribution in [2.45, 2.75) is 24.4 Å². The number of hydrogen-bond acceptors (Lipinski definition) is 4. The van der Waals surface area contributed by atoms with Gasteiger partial charge in [0.05, 0.1) is 17.4 Å². The van der Waals surface area contributed by atoms with Crippen molar-refractivity contribution in [3.05, 3.63) is 63.5 Å². The molecule has 1 N–H and O–H groups in total. The normalized spacial score (nSPS) is 22.8. The molecule has 1 aromatic rings. The number of allylic oxidation sites excluding steroid dienone is 3. The molecule has 3 rings (SSSR count). The summed E-state index contributed by atoms with van der Waals surface area (Å²) in [5.74, 6) is -6.15. The zero-order chi connectivity index (χ0) is 19.8. The van der Waals surface area contributed by atoms with Crippen molar-refractivity contribution in [3.63, 3.8) is 0 Å². The van der Waals surface area contributed by atoms with E-state index >= 15 is 0 Å². The third kappa shape index (κ3) is 4.21. The fraction of sp³-hybridized carbons (Fsp3) is 0.278. The fourth-order valence-electron chi connectivity index (χ4n) is 2.81. The van der Waals surface area contributed by atoms with Gasteiger partial charge in [-0.25, -0.2) is 17.6 Å². The lowest BCUT2D eigenvalue weighted by Crippen LogP contribution is -2.41. The van der Waals surface area contributed by atoms with E-state index in [1.54, 1.807) is 6.07 Å². The summed E-state index contributed by atoms with van der Waals surface area (Å²) in [6, 6.07) is 5.20. The average molecular weight is 415 g/mol. The summed E-state index contributed by atoms with van der Waals surface area (Å²) in [5.41, 5.74) is -0.151. The van der Waals surface area contributed by atoms with E-state index in [2.05, 4.69) is 0 Å². The van der Waals surface area contributed by atoms with Crippen LogP contribution in [0.15, 0.2) is 52.2 Å². The molecule has 1 aliphatic heterocycles. The smallest absolute Gasteiger partial charge is 0.286 e. The molecule has 1 aromatic carbocycles. The van der Waals surface area contributed by atoms with Gasteiger partial charge in [-0.2, -0.15) is 5.26 Å². The van der Waals surface area contributed by atoms with Crippen molar-refractivity contribution in [1.82, 2.24) is 0 Å². The Bertz CT molecular complexity index is 905. The van der Waals surface area contributed by atoms with Crippen molar-refractivity contribution in [3.8, 4) is 11.8 Å². The number of alkyl halides is 3. The number of ether oxygens (including phenoxy) is 1. The van der Waals surface area contributed by atoms with Gasteiger partial charge >= 0.3 is 0 Å². The molecule has 0 amide bonds. The molecule has 27 heavy (non-hydrogen) atoms. The van der Waals surface area contributed by atoms with E-state index in [1.165, 1.54) is 18.2 Å². The molecule has 3 atom stereocenters. The van der Waals surface area contributed by atoms with E-state index in [0.717, 1.165) is 23.9 Å². The first kappa shape index (κ1) is 19.9. The number of benzene rings is 1. The van der Waals surface area contributed by atoms with Crippen LogP contribution in [0.25, 0.3) is 0 Å². The number of rotatable bonds is 3. The van der Waals surface area contributed by atoms with Gasteiger partial charge in [-0.3, -0.25) is 0 Å². The van der Waals surface area contributed by atoms with Crippen LogP contribution in [0.5, 0.6) is 5.75 Å². The fourth-order valence-corrected chi connectivity index (χ4v) is 4.18. The van der Waals surface area contributed by atoms with Crippen LogP contribution < -0.4 is 4.74 Å². The molecule has 1 fully saturated rings. The van der Waals surface area contributed by atoms with Crippen LogP contribution in [-0.4, -0.2) is 28.8 Å². The largest absolute Gasteiger partial charge is 0.461 e. The quantitative estimate of drug-likeness (QED) is 0.585. The minimum atomic E-state index is -3.38. The van der Waals surface area contributed by atoms with Crippen LogP contribution in [0.1, 0.15) is 12.0 Å². The molecule has 0 spiro atoms. The minimum absolute atomic E-state index is 0.0307. The molecular formula is C18H14F4NO2PS. The Kier molecular flexibility index (Phi) is 5.66. The van der Waals surface area contributed by atoms with E-state index in [9.17, 15) is 22.7 Å². The van der Waals surface area contributed by atoms with Crippen molar-refractivity contribution in [2.75, 3.05) is 5.75 Å². The molecule has 0 saturated carbocycles. The van der Waals surface area contributed by atoms with Crippen LogP contribution in [0, 0.1) is 17.1 Å². The number of nitriles is 1. The van der Waals surface area contributed by atoms with Crippen molar-refractivity contribution >= 4 is 21.0 Å². The maximum Gasteiger partial charge on any atom is 0.286 e. The Morgan fingerprint density at radius 2 is 2.07 bits per heavy atom. The number of aliphatic hydroxyl groups is 1. The highest BCUT2D eigenvalue weighted by Crippen LogP contribution is 2.47. The first-order valence-electron chi connectivity index (χ1n) is 7.82. The number of halogens is 4. The van der Waals surface area contributed by atoms with Crippen molar-refractivity contribution in [1.29, 1.82) is 5.26 Å². The zero-order valence-corrected chi connectivity index (χ0v) is 15.7. The van der Waals surface area contributed by atoms with Gasteiger partial charge < -0.3 is 9.84 Å². The number of aliphatic hydroxyl groups excluding tert-OH is 1. The maximum atomic E-state index is 14.2. The van der Waals surface area contributed by atoms with E-state index in [0.29, 0.717) is 4.91 Å². The monoisotopic (exact) mass is 415 g/mol. The Balaban J connectivity index is 1.98. The third-order valence-corrected chi connectivity index (χ3v) is 5.67.